The van der Waals surface area contributed by atoms with Gasteiger partial charge in [-0.15, -0.1) is 0 Å². The molecule has 7 heteroatoms. The highest BCUT2D eigenvalue weighted by molar-refractivity contribution is 5.98. The van der Waals surface area contributed by atoms with Gasteiger partial charge in [-0.25, -0.2) is 4.39 Å². The lowest BCUT2D eigenvalue weighted by Gasteiger charge is -2.34. The Morgan fingerprint density at radius 1 is 1.55 bits per heavy atom. The van der Waals surface area contributed by atoms with Crippen molar-refractivity contribution >= 4 is 23.3 Å². The van der Waals surface area contributed by atoms with Crippen LogP contribution in [0.3, 0.4) is 0 Å². The van der Waals surface area contributed by atoms with Gasteiger partial charge in [0, 0.05) is 37.1 Å². The molecule has 2 N–H and O–H groups in total. The molecule has 0 bridgehead atoms. The standard InChI is InChI=1S/C13H15FN4O2/c1-7-10(6-16-2)12(15)9-4-8(14)5-11(18(19)20)13(9)17(7)3/h4-7H,15H2,1-3H3. The Balaban J connectivity index is 2.81. The molecule has 0 saturated carbocycles. The molecule has 0 aromatic heterocycles. The maximum atomic E-state index is 13.6. The van der Waals surface area contributed by atoms with Gasteiger partial charge < -0.3 is 10.6 Å². The molecule has 0 spiro atoms. The van der Waals surface area contributed by atoms with E-state index in [9.17, 15) is 14.5 Å². The summed E-state index contributed by atoms with van der Waals surface area (Å²) in [4.78, 5) is 16.2. The first-order chi connectivity index (χ1) is 9.38. The van der Waals surface area contributed by atoms with E-state index in [1.807, 2.05) is 6.92 Å². The van der Waals surface area contributed by atoms with E-state index in [1.165, 1.54) is 6.07 Å². The van der Waals surface area contributed by atoms with Gasteiger partial charge >= 0.3 is 0 Å². The van der Waals surface area contributed by atoms with E-state index in [1.54, 1.807) is 25.2 Å². The molecule has 1 heterocycles. The summed E-state index contributed by atoms with van der Waals surface area (Å²) in [5.74, 6) is -0.686. The monoisotopic (exact) mass is 278 g/mol. The summed E-state index contributed by atoms with van der Waals surface area (Å²) >= 11 is 0. The Kier molecular flexibility index (Phi) is 3.44. The van der Waals surface area contributed by atoms with Crippen molar-refractivity contribution < 1.29 is 9.31 Å². The third-order valence-electron chi connectivity index (χ3n) is 3.50. The number of anilines is 1. The Morgan fingerprint density at radius 2 is 2.20 bits per heavy atom. The van der Waals surface area contributed by atoms with E-state index in [2.05, 4.69) is 4.99 Å². The zero-order valence-electron chi connectivity index (χ0n) is 11.4. The number of likely N-dealkylation sites (N-methyl/N-ethyl adjacent to an activating group) is 1. The van der Waals surface area contributed by atoms with Gasteiger partial charge in [-0.1, -0.05) is 0 Å². The van der Waals surface area contributed by atoms with E-state index >= 15 is 0 Å². The average Bonchev–Trinajstić information content (AvgIpc) is 2.40. The predicted molar refractivity (Wildman–Crippen MR) is 76.4 cm³/mol. The minimum absolute atomic E-state index is 0.185. The number of rotatable bonds is 2. The van der Waals surface area contributed by atoms with Crippen LogP contribution in [0.1, 0.15) is 12.5 Å². The summed E-state index contributed by atoms with van der Waals surface area (Å²) in [6, 6.07) is 1.94. The van der Waals surface area contributed by atoms with Gasteiger partial charge in [0.15, 0.2) is 0 Å². The van der Waals surface area contributed by atoms with Crippen molar-refractivity contribution in [3.8, 4) is 0 Å². The molecule has 0 radical (unpaired) electrons. The molecule has 1 aromatic rings. The molecule has 1 aliphatic heterocycles. The van der Waals surface area contributed by atoms with Crippen LogP contribution >= 0.6 is 0 Å². The molecule has 106 valence electrons. The van der Waals surface area contributed by atoms with Crippen LogP contribution in [-0.4, -0.2) is 31.3 Å². The summed E-state index contributed by atoms with van der Waals surface area (Å²) in [6.45, 7) is 1.86. The maximum absolute atomic E-state index is 13.6. The third-order valence-corrected chi connectivity index (χ3v) is 3.50. The highest BCUT2D eigenvalue weighted by atomic mass is 19.1. The number of nitro groups is 1. The quantitative estimate of drug-likeness (QED) is 0.509. The number of aliphatic imine (C=N–C) groups is 1. The van der Waals surface area contributed by atoms with E-state index < -0.39 is 10.7 Å². The number of hydrogen-bond donors (Lipinski definition) is 1. The van der Waals surface area contributed by atoms with Crippen molar-refractivity contribution in [2.75, 3.05) is 19.0 Å². The first-order valence-corrected chi connectivity index (χ1v) is 6.01. The third kappa shape index (κ3) is 2.01. The van der Waals surface area contributed by atoms with Crippen molar-refractivity contribution in [3.05, 3.63) is 39.2 Å². The fourth-order valence-electron chi connectivity index (χ4n) is 2.40. The first kappa shape index (κ1) is 14.0. The normalized spacial score (nSPS) is 18.6. The minimum Gasteiger partial charge on any atom is -0.398 e. The second-order valence-corrected chi connectivity index (χ2v) is 4.62. The van der Waals surface area contributed by atoms with Crippen LogP contribution in [0.15, 0.2) is 22.7 Å². The van der Waals surface area contributed by atoms with E-state index in [0.717, 1.165) is 6.07 Å². The Labute approximate surface area is 115 Å². The fourth-order valence-corrected chi connectivity index (χ4v) is 2.40. The zero-order chi connectivity index (χ0) is 15.0. The van der Waals surface area contributed by atoms with Crippen LogP contribution in [0.2, 0.25) is 0 Å². The number of nitrogens with two attached hydrogens (primary N) is 1. The Bertz CT molecular complexity index is 640. The SMILES string of the molecule is CN=CC1=C(N)c2cc(F)cc([N+](=O)[O-])c2N(C)C1C. The van der Waals surface area contributed by atoms with Crippen molar-refractivity contribution in [3.63, 3.8) is 0 Å². The van der Waals surface area contributed by atoms with Gasteiger partial charge in [-0.05, 0) is 13.0 Å². The second-order valence-electron chi connectivity index (χ2n) is 4.62. The van der Waals surface area contributed by atoms with Gasteiger partial charge in [-0.2, -0.15) is 0 Å². The van der Waals surface area contributed by atoms with Crippen LogP contribution < -0.4 is 10.6 Å². The van der Waals surface area contributed by atoms with Gasteiger partial charge in [-0.3, -0.25) is 15.1 Å². The molecule has 2 rings (SSSR count). The van der Waals surface area contributed by atoms with Crippen LogP contribution in [0.4, 0.5) is 15.8 Å². The molecule has 0 fully saturated rings. The molecule has 1 aromatic carbocycles. The molecule has 1 aliphatic rings. The smallest absolute Gasteiger partial charge is 0.296 e. The molecule has 1 unspecified atom stereocenters. The van der Waals surface area contributed by atoms with E-state index in [4.69, 9.17) is 5.73 Å². The summed E-state index contributed by atoms with van der Waals surface area (Å²) in [6.07, 6.45) is 1.59. The molecule has 1 atom stereocenters. The molecule has 20 heavy (non-hydrogen) atoms. The van der Waals surface area contributed by atoms with Gasteiger partial charge in [0.05, 0.1) is 17.0 Å². The highest BCUT2D eigenvalue weighted by Gasteiger charge is 2.33. The number of benzene rings is 1. The maximum Gasteiger partial charge on any atom is 0.296 e. The summed E-state index contributed by atoms with van der Waals surface area (Å²) in [5.41, 5.74) is 7.44. The zero-order valence-corrected chi connectivity index (χ0v) is 11.4. The van der Waals surface area contributed by atoms with Gasteiger partial charge in [0.2, 0.25) is 0 Å². The van der Waals surface area contributed by atoms with Crippen molar-refractivity contribution in [2.45, 2.75) is 13.0 Å². The van der Waals surface area contributed by atoms with Gasteiger partial charge in [0.25, 0.3) is 5.69 Å². The van der Waals surface area contributed by atoms with E-state index in [0.29, 0.717) is 22.5 Å². The topological polar surface area (TPSA) is 84.8 Å². The number of halogens is 1. The van der Waals surface area contributed by atoms with Crippen molar-refractivity contribution in [1.82, 2.24) is 0 Å². The summed E-state index contributed by atoms with van der Waals surface area (Å²) in [7, 11) is 3.32. The lowest BCUT2D eigenvalue weighted by molar-refractivity contribution is -0.384. The number of nitrogens with zero attached hydrogens (tertiary/aromatic N) is 3. The Hall–Kier alpha value is -2.44. The Morgan fingerprint density at radius 3 is 2.75 bits per heavy atom. The predicted octanol–water partition coefficient (Wildman–Crippen LogP) is 1.94. The number of fused-ring (bicyclic) bond motifs is 1. The van der Waals surface area contributed by atoms with Gasteiger partial charge in [0.1, 0.15) is 11.5 Å². The minimum atomic E-state index is -0.686. The van der Waals surface area contributed by atoms with Crippen molar-refractivity contribution in [2.24, 2.45) is 10.7 Å². The second kappa shape index (κ2) is 4.92. The van der Waals surface area contributed by atoms with Crippen LogP contribution in [0.25, 0.3) is 5.70 Å². The number of nitro benzene ring substituents is 1. The summed E-state index contributed by atoms with van der Waals surface area (Å²) < 4.78 is 13.6. The molecule has 0 saturated heterocycles. The molecular formula is C13H15FN4O2. The van der Waals surface area contributed by atoms with E-state index in [-0.39, 0.29) is 11.7 Å². The lowest BCUT2D eigenvalue weighted by Crippen LogP contribution is -2.37. The largest absolute Gasteiger partial charge is 0.398 e. The van der Waals surface area contributed by atoms with Crippen LogP contribution in [-0.2, 0) is 0 Å². The average molecular weight is 278 g/mol. The number of hydrogen-bond acceptors (Lipinski definition) is 5. The molecular weight excluding hydrogens is 263 g/mol. The van der Waals surface area contributed by atoms with Crippen LogP contribution in [0.5, 0.6) is 0 Å². The molecule has 0 amide bonds. The molecule has 0 aliphatic carbocycles. The molecule has 6 nitrogen and oxygen atoms in total. The lowest BCUT2D eigenvalue weighted by atomic mass is 9.93. The first-order valence-electron chi connectivity index (χ1n) is 6.01. The highest BCUT2D eigenvalue weighted by Crippen LogP contribution is 2.41. The van der Waals surface area contributed by atoms with Crippen LogP contribution in [0, 0.1) is 15.9 Å². The summed E-state index contributed by atoms with van der Waals surface area (Å²) in [5, 5.41) is 11.1. The van der Waals surface area contributed by atoms with Crippen molar-refractivity contribution in [1.29, 1.82) is 0 Å². The fraction of sp³-hybridized carbons (Fsp3) is 0.308.